The largest absolute Gasteiger partial charge is 0.298 e. The zero-order valence-corrected chi connectivity index (χ0v) is 9.51. The second-order valence-electron chi connectivity index (χ2n) is 5.07. The van der Waals surface area contributed by atoms with Crippen molar-refractivity contribution in [1.82, 2.24) is 4.90 Å². The van der Waals surface area contributed by atoms with Gasteiger partial charge in [-0.25, -0.2) is 0 Å². The van der Waals surface area contributed by atoms with Crippen LogP contribution in [0, 0.1) is 17.2 Å². The fourth-order valence-corrected chi connectivity index (χ4v) is 1.99. The van der Waals surface area contributed by atoms with Crippen molar-refractivity contribution in [3.05, 3.63) is 12.2 Å². The van der Waals surface area contributed by atoms with Crippen LogP contribution in [0.15, 0.2) is 12.2 Å². The first-order chi connectivity index (χ1) is 6.45. The van der Waals surface area contributed by atoms with Crippen molar-refractivity contribution in [1.29, 1.82) is 5.26 Å². The molecule has 0 aromatic rings. The molecule has 0 spiro atoms. The Morgan fingerprint density at radius 3 is 2.21 bits per heavy atom. The van der Waals surface area contributed by atoms with E-state index in [-0.39, 0.29) is 5.54 Å². The molecule has 0 aliphatic carbocycles. The van der Waals surface area contributed by atoms with Crippen LogP contribution in [-0.4, -0.2) is 23.5 Å². The van der Waals surface area contributed by atoms with E-state index in [4.69, 9.17) is 5.26 Å². The van der Waals surface area contributed by atoms with Crippen molar-refractivity contribution in [2.24, 2.45) is 5.92 Å². The zero-order chi connectivity index (χ0) is 10.8. The van der Waals surface area contributed by atoms with Gasteiger partial charge >= 0.3 is 0 Å². The lowest BCUT2D eigenvalue weighted by atomic mass is 9.88. The molecule has 0 aromatic carbocycles. The van der Waals surface area contributed by atoms with Gasteiger partial charge in [0.1, 0.15) is 0 Å². The summed E-state index contributed by atoms with van der Waals surface area (Å²) in [6.45, 7) is 12.7. The van der Waals surface area contributed by atoms with Crippen LogP contribution in [0.3, 0.4) is 0 Å². The van der Waals surface area contributed by atoms with Crippen molar-refractivity contribution in [3.8, 4) is 6.07 Å². The highest BCUT2D eigenvalue weighted by Gasteiger charge is 2.27. The van der Waals surface area contributed by atoms with E-state index in [2.05, 4.69) is 38.3 Å². The SMILES string of the molecule is C=C(C#N)C1CCN(C(C)(C)C)CC1. The number of hydrogen-bond donors (Lipinski definition) is 0. The topological polar surface area (TPSA) is 27.0 Å². The molecule has 0 unspecified atom stereocenters. The molecule has 0 amide bonds. The summed E-state index contributed by atoms with van der Waals surface area (Å²) in [5, 5.41) is 8.75. The van der Waals surface area contributed by atoms with Crippen molar-refractivity contribution >= 4 is 0 Å². The second kappa shape index (κ2) is 4.14. The van der Waals surface area contributed by atoms with Gasteiger partial charge in [-0.05, 0) is 52.6 Å². The third kappa shape index (κ3) is 2.59. The smallest absolute Gasteiger partial charge is 0.0943 e. The first-order valence-electron chi connectivity index (χ1n) is 5.29. The standard InChI is InChI=1S/C12H20N2/c1-10(9-13)11-5-7-14(8-6-11)12(2,3)4/h11H,1,5-8H2,2-4H3. The molecular formula is C12H20N2. The van der Waals surface area contributed by atoms with Crippen LogP contribution in [0.1, 0.15) is 33.6 Å². The summed E-state index contributed by atoms with van der Waals surface area (Å²) < 4.78 is 0. The Balaban J connectivity index is 2.48. The van der Waals surface area contributed by atoms with Crippen LogP contribution >= 0.6 is 0 Å². The molecule has 1 fully saturated rings. The Kier molecular flexibility index (Phi) is 3.34. The molecule has 0 saturated carbocycles. The minimum atomic E-state index is 0.263. The minimum Gasteiger partial charge on any atom is -0.298 e. The number of allylic oxidation sites excluding steroid dienone is 1. The summed E-state index contributed by atoms with van der Waals surface area (Å²) in [7, 11) is 0. The van der Waals surface area contributed by atoms with Gasteiger partial charge in [0.05, 0.1) is 6.07 Å². The van der Waals surface area contributed by atoms with Gasteiger partial charge in [-0.15, -0.1) is 0 Å². The monoisotopic (exact) mass is 192 g/mol. The molecule has 14 heavy (non-hydrogen) atoms. The number of hydrogen-bond acceptors (Lipinski definition) is 2. The molecule has 1 aliphatic rings. The Labute approximate surface area is 87.2 Å². The summed E-state index contributed by atoms with van der Waals surface area (Å²) >= 11 is 0. The molecule has 0 radical (unpaired) electrons. The molecule has 0 aromatic heterocycles. The number of nitriles is 1. The summed E-state index contributed by atoms with van der Waals surface area (Å²) in [5.41, 5.74) is 1.03. The van der Waals surface area contributed by atoms with Crippen molar-refractivity contribution in [2.75, 3.05) is 13.1 Å². The predicted octanol–water partition coefficient (Wildman–Crippen LogP) is 2.58. The number of rotatable bonds is 1. The minimum absolute atomic E-state index is 0.263. The Hall–Kier alpha value is -0.810. The van der Waals surface area contributed by atoms with Crippen LogP contribution < -0.4 is 0 Å². The van der Waals surface area contributed by atoms with Gasteiger partial charge in [0.15, 0.2) is 0 Å². The average Bonchev–Trinajstić information content (AvgIpc) is 2.15. The van der Waals surface area contributed by atoms with E-state index in [1.54, 1.807) is 0 Å². The summed E-state index contributed by atoms with van der Waals surface area (Å²) in [6, 6.07) is 2.18. The molecule has 78 valence electrons. The van der Waals surface area contributed by atoms with Crippen LogP contribution in [0.2, 0.25) is 0 Å². The maximum atomic E-state index is 8.75. The van der Waals surface area contributed by atoms with Gasteiger partial charge < -0.3 is 0 Å². The fraction of sp³-hybridized carbons (Fsp3) is 0.750. The summed E-state index contributed by atoms with van der Waals surface area (Å²) in [6.07, 6.45) is 2.17. The lowest BCUT2D eigenvalue weighted by Gasteiger charge is -2.40. The molecule has 1 saturated heterocycles. The quantitative estimate of drug-likeness (QED) is 0.597. The van der Waals surface area contributed by atoms with Crippen LogP contribution in [0.4, 0.5) is 0 Å². The molecule has 0 N–H and O–H groups in total. The van der Waals surface area contributed by atoms with E-state index >= 15 is 0 Å². The zero-order valence-electron chi connectivity index (χ0n) is 9.51. The van der Waals surface area contributed by atoms with Gasteiger partial charge in [0.25, 0.3) is 0 Å². The van der Waals surface area contributed by atoms with Crippen LogP contribution in [0.5, 0.6) is 0 Å². The second-order valence-corrected chi connectivity index (χ2v) is 5.07. The highest BCUT2D eigenvalue weighted by molar-refractivity contribution is 5.20. The number of piperidine rings is 1. The van der Waals surface area contributed by atoms with Gasteiger partial charge in [-0.3, -0.25) is 4.90 Å². The Morgan fingerprint density at radius 2 is 1.86 bits per heavy atom. The van der Waals surface area contributed by atoms with Gasteiger partial charge in [0, 0.05) is 11.1 Å². The van der Waals surface area contributed by atoms with Crippen molar-refractivity contribution < 1.29 is 0 Å². The third-order valence-electron chi connectivity index (χ3n) is 3.08. The van der Waals surface area contributed by atoms with Gasteiger partial charge in [0.2, 0.25) is 0 Å². The fourth-order valence-electron chi connectivity index (χ4n) is 1.99. The number of nitrogens with zero attached hydrogens (tertiary/aromatic N) is 2. The molecule has 1 aliphatic heterocycles. The third-order valence-corrected chi connectivity index (χ3v) is 3.08. The van der Waals surface area contributed by atoms with Crippen molar-refractivity contribution in [3.63, 3.8) is 0 Å². The van der Waals surface area contributed by atoms with Crippen molar-refractivity contribution in [2.45, 2.75) is 39.2 Å². The summed E-state index contributed by atoms with van der Waals surface area (Å²) in [4.78, 5) is 2.48. The molecular weight excluding hydrogens is 172 g/mol. The highest BCUT2D eigenvalue weighted by atomic mass is 15.2. The molecule has 2 nitrogen and oxygen atoms in total. The first kappa shape index (κ1) is 11.3. The molecule has 0 atom stereocenters. The van der Waals surface area contributed by atoms with Crippen LogP contribution in [0.25, 0.3) is 0 Å². The highest BCUT2D eigenvalue weighted by Crippen LogP contribution is 2.27. The van der Waals surface area contributed by atoms with E-state index in [1.165, 1.54) is 0 Å². The normalized spacial score (nSPS) is 20.4. The van der Waals surface area contributed by atoms with E-state index < -0.39 is 0 Å². The average molecular weight is 192 g/mol. The van der Waals surface area contributed by atoms with Gasteiger partial charge in [-0.1, -0.05) is 6.58 Å². The lowest BCUT2D eigenvalue weighted by Crippen LogP contribution is -2.46. The summed E-state index contributed by atoms with van der Waals surface area (Å²) in [5.74, 6) is 0.429. The maximum absolute atomic E-state index is 8.75. The van der Waals surface area contributed by atoms with E-state index in [0.29, 0.717) is 5.92 Å². The van der Waals surface area contributed by atoms with E-state index in [1.807, 2.05) is 0 Å². The van der Waals surface area contributed by atoms with E-state index in [0.717, 1.165) is 31.5 Å². The Morgan fingerprint density at radius 1 is 1.36 bits per heavy atom. The molecule has 1 rings (SSSR count). The van der Waals surface area contributed by atoms with Crippen LogP contribution in [-0.2, 0) is 0 Å². The maximum Gasteiger partial charge on any atom is 0.0943 e. The molecule has 2 heteroatoms. The molecule has 0 bridgehead atoms. The molecule has 1 heterocycles. The predicted molar refractivity (Wildman–Crippen MR) is 58.8 cm³/mol. The first-order valence-corrected chi connectivity index (χ1v) is 5.29. The lowest BCUT2D eigenvalue weighted by molar-refractivity contribution is 0.0958. The number of likely N-dealkylation sites (tertiary alicyclic amines) is 1. The van der Waals surface area contributed by atoms with E-state index in [9.17, 15) is 0 Å². The Bertz CT molecular complexity index is 246. The van der Waals surface area contributed by atoms with Gasteiger partial charge in [-0.2, -0.15) is 5.26 Å².